The Bertz CT molecular complexity index is 1080. The monoisotopic (exact) mass is 433 g/mol. The number of nitrogens with one attached hydrogen (secondary N) is 1. The minimum atomic E-state index is -1.26. The number of amides is 1. The van der Waals surface area contributed by atoms with Crippen molar-refractivity contribution in [3.8, 4) is 11.1 Å². The first-order valence-electron chi connectivity index (χ1n) is 10.1. The number of benzene rings is 2. The number of carbonyl (C=O) groups excluding carboxylic acids is 2. The van der Waals surface area contributed by atoms with E-state index in [1.54, 1.807) is 6.92 Å². The lowest BCUT2D eigenvalue weighted by Crippen LogP contribution is -2.39. The molecule has 0 saturated carbocycles. The van der Waals surface area contributed by atoms with E-state index in [4.69, 9.17) is 9.84 Å². The number of hydrogen-bond donors (Lipinski definition) is 2. The van der Waals surface area contributed by atoms with Crippen LogP contribution in [-0.4, -0.2) is 45.6 Å². The normalized spacial score (nSPS) is 11.4. The molecule has 8 nitrogen and oxygen atoms in total. The summed E-state index contributed by atoms with van der Waals surface area (Å²) in [4.78, 5) is 43.3. The zero-order valence-electron chi connectivity index (χ0n) is 17.5. The molecule has 0 saturated heterocycles. The average Bonchev–Trinajstić information content (AvgIpc) is 2.80. The molecule has 0 aliphatic heterocycles. The molecule has 1 atom stereocenters. The van der Waals surface area contributed by atoms with Crippen LogP contribution in [0.5, 0.6) is 0 Å². The molecule has 0 bridgehead atoms. The van der Waals surface area contributed by atoms with Gasteiger partial charge in [-0.1, -0.05) is 54.6 Å². The number of esters is 1. The highest BCUT2D eigenvalue weighted by atomic mass is 16.5. The van der Waals surface area contributed by atoms with Gasteiger partial charge in [0.2, 0.25) is 0 Å². The maximum atomic E-state index is 12.7. The molecule has 1 aromatic heterocycles. The molecular formula is C24H23N3O5. The molecule has 32 heavy (non-hydrogen) atoms. The molecule has 0 unspecified atom stereocenters. The fourth-order valence-electron chi connectivity index (χ4n) is 3.20. The highest BCUT2D eigenvalue weighted by Crippen LogP contribution is 2.20. The molecule has 0 fully saturated rings. The Morgan fingerprint density at radius 1 is 0.969 bits per heavy atom. The fraction of sp³-hybridized carbons (Fsp3) is 0.208. The van der Waals surface area contributed by atoms with Crippen LogP contribution < -0.4 is 5.32 Å². The van der Waals surface area contributed by atoms with Crippen molar-refractivity contribution in [3.05, 3.63) is 83.9 Å². The summed E-state index contributed by atoms with van der Waals surface area (Å²) in [6.07, 6.45) is 1.37. The van der Waals surface area contributed by atoms with Crippen molar-refractivity contribution >= 4 is 17.8 Å². The van der Waals surface area contributed by atoms with Crippen LogP contribution in [0, 0.1) is 0 Å². The van der Waals surface area contributed by atoms with Gasteiger partial charge in [0.1, 0.15) is 12.0 Å². The zero-order chi connectivity index (χ0) is 22.9. The van der Waals surface area contributed by atoms with Gasteiger partial charge in [0.25, 0.3) is 5.91 Å². The molecule has 0 radical (unpaired) electrons. The molecule has 2 aromatic carbocycles. The number of aromatic nitrogens is 2. The van der Waals surface area contributed by atoms with Crippen LogP contribution in [0.4, 0.5) is 0 Å². The number of hydrogen-bond acceptors (Lipinski definition) is 6. The van der Waals surface area contributed by atoms with E-state index in [0.29, 0.717) is 6.42 Å². The lowest BCUT2D eigenvalue weighted by atomic mass is 9.99. The van der Waals surface area contributed by atoms with Gasteiger partial charge in [-0.2, -0.15) is 0 Å². The summed E-state index contributed by atoms with van der Waals surface area (Å²) in [5, 5.41) is 11.8. The largest absolute Gasteiger partial charge is 0.477 e. The Balaban J connectivity index is 1.75. The molecule has 0 spiro atoms. The summed E-state index contributed by atoms with van der Waals surface area (Å²) >= 11 is 0. The Labute approximate surface area is 185 Å². The second-order valence-electron chi connectivity index (χ2n) is 7.04. The van der Waals surface area contributed by atoms with E-state index in [2.05, 4.69) is 15.3 Å². The standard InChI is InChI=1S/C24H23N3O5/c1-2-32-22(28)13-19(27-23(29)20-14-21(24(30)31)26-15-25-20)12-16-8-10-18(11-9-16)17-6-4-3-5-7-17/h3-11,14-15,19H,2,12-13H2,1H3,(H,27,29)(H,30,31)/t19-/m1/s1. The topological polar surface area (TPSA) is 118 Å². The summed E-state index contributed by atoms with van der Waals surface area (Å²) in [5.74, 6) is -2.29. The number of carbonyl (C=O) groups is 3. The number of carboxylic acid groups (broad SMARTS) is 1. The fourth-order valence-corrected chi connectivity index (χ4v) is 3.20. The third-order valence-electron chi connectivity index (χ3n) is 4.72. The van der Waals surface area contributed by atoms with E-state index in [-0.39, 0.29) is 24.4 Å². The zero-order valence-corrected chi connectivity index (χ0v) is 17.5. The van der Waals surface area contributed by atoms with Gasteiger partial charge in [-0.25, -0.2) is 14.8 Å². The van der Waals surface area contributed by atoms with Crippen LogP contribution in [0.2, 0.25) is 0 Å². The Kier molecular flexibility index (Phi) is 7.64. The molecule has 3 rings (SSSR count). The first kappa shape index (κ1) is 22.6. The van der Waals surface area contributed by atoms with Crippen molar-refractivity contribution in [1.82, 2.24) is 15.3 Å². The van der Waals surface area contributed by atoms with Crippen LogP contribution in [0.3, 0.4) is 0 Å². The molecule has 164 valence electrons. The Morgan fingerprint density at radius 3 is 2.28 bits per heavy atom. The van der Waals surface area contributed by atoms with Crippen LogP contribution in [0.15, 0.2) is 67.0 Å². The lowest BCUT2D eigenvalue weighted by Gasteiger charge is -2.18. The van der Waals surface area contributed by atoms with Crippen molar-refractivity contribution in [2.75, 3.05) is 6.61 Å². The summed E-state index contributed by atoms with van der Waals surface area (Å²) in [7, 11) is 0. The van der Waals surface area contributed by atoms with Crippen molar-refractivity contribution in [3.63, 3.8) is 0 Å². The van der Waals surface area contributed by atoms with Gasteiger partial charge in [-0.05, 0) is 30.0 Å². The summed E-state index contributed by atoms with van der Waals surface area (Å²) < 4.78 is 5.03. The van der Waals surface area contributed by atoms with Crippen LogP contribution in [-0.2, 0) is 16.0 Å². The number of carboxylic acids is 1. The van der Waals surface area contributed by atoms with Crippen LogP contribution in [0.25, 0.3) is 11.1 Å². The second-order valence-corrected chi connectivity index (χ2v) is 7.04. The Morgan fingerprint density at radius 2 is 1.62 bits per heavy atom. The molecule has 1 amide bonds. The highest BCUT2D eigenvalue weighted by Gasteiger charge is 2.20. The number of aromatic carboxylic acids is 1. The molecule has 2 N–H and O–H groups in total. The summed E-state index contributed by atoms with van der Waals surface area (Å²) in [5.41, 5.74) is 2.69. The Hall–Kier alpha value is -4.07. The molecule has 0 aliphatic rings. The van der Waals surface area contributed by atoms with Crippen LogP contribution >= 0.6 is 0 Å². The first-order valence-corrected chi connectivity index (χ1v) is 10.1. The van der Waals surface area contributed by atoms with E-state index in [1.807, 2.05) is 54.6 Å². The number of rotatable bonds is 9. The lowest BCUT2D eigenvalue weighted by molar-refractivity contribution is -0.143. The maximum Gasteiger partial charge on any atom is 0.354 e. The van der Waals surface area contributed by atoms with Crippen molar-refractivity contribution in [2.24, 2.45) is 0 Å². The predicted molar refractivity (Wildman–Crippen MR) is 117 cm³/mol. The van der Waals surface area contributed by atoms with Crippen LogP contribution in [0.1, 0.15) is 39.9 Å². The van der Waals surface area contributed by atoms with E-state index in [0.717, 1.165) is 29.1 Å². The summed E-state index contributed by atoms with van der Waals surface area (Å²) in [6, 6.07) is 18.3. The van der Waals surface area contributed by atoms with Crippen molar-refractivity contribution in [1.29, 1.82) is 0 Å². The smallest absolute Gasteiger partial charge is 0.354 e. The average molecular weight is 433 g/mol. The molecule has 0 aliphatic carbocycles. The summed E-state index contributed by atoms with van der Waals surface area (Å²) in [6.45, 7) is 1.95. The predicted octanol–water partition coefficient (Wildman–Crippen LogP) is 3.14. The highest BCUT2D eigenvalue weighted by molar-refractivity contribution is 5.95. The third-order valence-corrected chi connectivity index (χ3v) is 4.72. The third kappa shape index (κ3) is 6.21. The van der Waals surface area contributed by atoms with Gasteiger partial charge < -0.3 is 15.2 Å². The molecular weight excluding hydrogens is 410 g/mol. The number of nitrogens with zero attached hydrogens (tertiary/aromatic N) is 2. The van der Waals surface area contributed by atoms with Crippen molar-refractivity contribution in [2.45, 2.75) is 25.8 Å². The SMILES string of the molecule is CCOC(=O)C[C@@H](Cc1ccc(-c2ccccc2)cc1)NC(=O)c1cc(C(=O)O)ncn1. The van der Waals surface area contributed by atoms with E-state index in [9.17, 15) is 14.4 Å². The molecule has 1 heterocycles. The second kappa shape index (κ2) is 10.8. The number of ether oxygens (including phenoxy) is 1. The van der Waals surface area contributed by atoms with E-state index < -0.39 is 23.9 Å². The molecule has 3 aromatic rings. The van der Waals surface area contributed by atoms with Crippen molar-refractivity contribution < 1.29 is 24.2 Å². The van der Waals surface area contributed by atoms with E-state index in [1.165, 1.54) is 0 Å². The van der Waals surface area contributed by atoms with E-state index >= 15 is 0 Å². The minimum Gasteiger partial charge on any atom is -0.477 e. The van der Waals surface area contributed by atoms with Gasteiger partial charge in [0, 0.05) is 12.1 Å². The molecule has 8 heteroatoms. The quantitative estimate of drug-likeness (QED) is 0.498. The minimum absolute atomic E-state index is 0.0309. The van der Waals surface area contributed by atoms with Gasteiger partial charge in [0.15, 0.2) is 5.69 Å². The van der Waals surface area contributed by atoms with Gasteiger partial charge in [-0.3, -0.25) is 9.59 Å². The first-order chi connectivity index (χ1) is 15.5. The van der Waals surface area contributed by atoms with Gasteiger partial charge in [-0.15, -0.1) is 0 Å². The van der Waals surface area contributed by atoms with Gasteiger partial charge in [0.05, 0.1) is 13.0 Å². The maximum absolute atomic E-state index is 12.7. The van der Waals surface area contributed by atoms with Gasteiger partial charge >= 0.3 is 11.9 Å².